The SMILES string of the molecule is CN=C(NCCCc1c(C)noc1C)NCC(C)COCc1ccccc1.I. The molecule has 1 atom stereocenters. The van der Waals surface area contributed by atoms with Gasteiger partial charge in [-0.2, -0.15) is 0 Å². The molecule has 0 aliphatic rings. The van der Waals surface area contributed by atoms with Crippen molar-refractivity contribution in [1.29, 1.82) is 0 Å². The number of nitrogens with zero attached hydrogens (tertiary/aromatic N) is 2. The Labute approximate surface area is 185 Å². The largest absolute Gasteiger partial charge is 0.376 e. The lowest BCUT2D eigenvalue weighted by Gasteiger charge is -2.16. The lowest BCUT2D eigenvalue weighted by atomic mass is 10.1. The Hall–Kier alpha value is -1.61. The summed E-state index contributed by atoms with van der Waals surface area (Å²) in [7, 11) is 1.79. The van der Waals surface area contributed by atoms with Gasteiger partial charge in [0.15, 0.2) is 5.96 Å². The van der Waals surface area contributed by atoms with Crippen LogP contribution in [0.1, 0.15) is 35.9 Å². The molecule has 0 fully saturated rings. The normalized spacial score (nSPS) is 12.4. The van der Waals surface area contributed by atoms with Crippen molar-refractivity contribution in [2.24, 2.45) is 10.9 Å². The maximum Gasteiger partial charge on any atom is 0.190 e. The molecule has 7 heteroatoms. The van der Waals surface area contributed by atoms with Crippen LogP contribution in [0.25, 0.3) is 0 Å². The monoisotopic (exact) mass is 500 g/mol. The Morgan fingerprint density at radius 1 is 1.21 bits per heavy atom. The van der Waals surface area contributed by atoms with Gasteiger partial charge in [-0.05, 0) is 38.2 Å². The molecule has 2 aromatic rings. The Bertz CT molecular complexity index is 684. The number of aliphatic imine (C=N–C) groups is 1. The second kappa shape index (κ2) is 13.5. The van der Waals surface area contributed by atoms with Crippen molar-refractivity contribution in [3.8, 4) is 0 Å². The third-order valence-electron chi connectivity index (χ3n) is 4.43. The summed E-state index contributed by atoms with van der Waals surface area (Å²) in [6.07, 6.45) is 1.95. The molecule has 0 amide bonds. The Kier molecular flexibility index (Phi) is 11.8. The summed E-state index contributed by atoms with van der Waals surface area (Å²) in [4.78, 5) is 4.28. The highest BCUT2D eigenvalue weighted by Crippen LogP contribution is 2.13. The number of halogens is 1. The summed E-state index contributed by atoms with van der Waals surface area (Å²) < 4.78 is 11.0. The van der Waals surface area contributed by atoms with Gasteiger partial charge in [-0.25, -0.2) is 0 Å². The molecule has 0 spiro atoms. The van der Waals surface area contributed by atoms with Gasteiger partial charge in [0, 0.05) is 25.7 Å². The van der Waals surface area contributed by atoms with E-state index < -0.39 is 0 Å². The van der Waals surface area contributed by atoms with Crippen LogP contribution < -0.4 is 10.6 Å². The van der Waals surface area contributed by atoms with Gasteiger partial charge < -0.3 is 19.9 Å². The number of nitrogens with one attached hydrogen (secondary N) is 2. The van der Waals surface area contributed by atoms with Gasteiger partial charge in [-0.1, -0.05) is 42.4 Å². The van der Waals surface area contributed by atoms with Crippen LogP contribution in [0.4, 0.5) is 0 Å². The molecule has 1 unspecified atom stereocenters. The fourth-order valence-electron chi connectivity index (χ4n) is 2.83. The number of aryl methyl sites for hydroxylation is 2. The summed E-state index contributed by atoms with van der Waals surface area (Å²) in [5, 5.41) is 10.7. The van der Waals surface area contributed by atoms with Crippen molar-refractivity contribution in [3.63, 3.8) is 0 Å². The van der Waals surface area contributed by atoms with Crippen molar-refractivity contribution in [1.82, 2.24) is 15.8 Å². The zero-order valence-electron chi connectivity index (χ0n) is 17.3. The van der Waals surface area contributed by atoms with Crippen LogP contribution in [0.15, 0.2) is 39.8 Å². The molecule has 28 heavy (non-hydrogen) atoms. The summed E-state index contributed by atoms with van der Waals surface area (Å²) in [6.45, 7) is 9.15. The first-order chi connectivity index (χ1) is 13.1. The molecule has 0 aliphatic heterocycles. The lowest BCUT2D eigenvalue weighted by molar-refractivity contribution is 0.0931. The number of rotatable bonds is 10. The predicted octanol–water partition coefficient (Wildman–Crippen LogP) is 3.86. The van der Waals surface area contributed by atoms with Crippen LogP contribution in [0, 0.1) is 19.8 Å². The van der Waals surface area contributed by atoms with E-state index in [0.717, 1.165) is 43.3 Å². The van der Waals surface area contributed by atoms with E-state index in [1.807, 2.05) is 32.0 Å². The number of benzene rings is 1. The summed E-state index contributed by atoms with van der Waals surface area (Å²) >= 11 is 0. The quantitative estimate of drug-likeness (QED) is 0.225. The smallest absolute Gasteiger partial charge is 0.190 e. The van der Waals surface area contributed by atoms with Crippen LogP contribution in [0.5, 0.6) is 0 Å². The van der Waals surface area contributed by atoms with Gasteiger partial charge in [0.05, 0.1) is 18.9 Å². The van der Waals surface area contributed by atoms with E-state index in [0.29, 0.717) is 19.1 Å². The zero-order chi connectivity index (χ0) is 19.5. The molecule has 1 heterocycles. The van der Waals surface area contributed by atoms with E-state index in [9.17, 15) is 0 Å². The Morgan fingerprint density at radius 2 is 1.96 bits per heavy atom. The summed E-state index contributed by atoms with van der Waals surface area (Å²) in [5.74, 6) is 2.14. The van der Waals surface area contributed by atoms with Crippen LogP contribution in [0.2, 0.25) is 0 Å². The molecule has 156 valence electrons. The highest BCUT2D eigenvalue weighted by atomic mass is 127. The van der Waals surface area contributed by atoms with E-state index in [1.165, 1.54) is 11.1 Å². The minimum atomic E-state index is 0. The second-order valence-corrected chi connectivity index (χ2v) is 6.89. The first-order valence-corrected chi connectivity index (χ1v) is 9.58. The van der Waals surface area contributed by atoms with Crippen LogP contribution in [-0.4, -0.2) is 37.9 Å². The van der Waals surface area contributed by atoms with Gasteiger partial charge in [0.2, 0.25) is 0 Å². The van der Waals surface area contributed by atoms with Gasteiger partial charge in [0.25, 0.3) is 0 Å². The van der Waals surface area contributed by atoms with E-state index in [-0.39, 0.29) is 24.0 Å². The van der Waals surface area contributed by atoms with Gasteiger partial charge in [-0.3, -0.25) is 4.99 Å². The van der Waals surface area contributed by atoms with Crippen LogP contribution in [0.3, 0.4) is 0 Å². The third kappa shape index (κ3) is 8.60. The molecule has 0 radical (unpaired) electrons. The van der Waals surface area contributed by atoms with Gasteiger partial charge in [-0.15, -0.1) is 24.0 Å². The molecule has 0 bridgehead atoms. The Morgan fingerprint density at radius 3 is 2.61 bits per heavy atom. The minimum absolute atomic E-state index is 0. The van der Waals surface area contributed by atoms with Gasteiger partial charge >= 0.3 is 0 Å². The zero-order valence-corrected chi connectivity index (χ0v) is 19.7. The van der Waals surface area contributed by atoms with Crippen LogP contribution in [-0.2, 0) is 17.8 Å². The number of guanidine groups is 1. The molecule has 1 aromatic carbocycles. The maximum absolute atomic E-state index is 5.79. The molecule has 2 N–H and O–H groups in total. The molecular weight excluding hydrogens is 467 g/mol. The fraction of sp³-hybridized carbons (Fsp3) is 0.524. The van der Waals surface area contributed by atoms with E-state index in [4.69, 9.17) is 9.26 Å². The van der Waals surface area contributed by atoms with E-state index in [1.54, 1.807) is 7.05 Å². The molecule has 0 saturated heterocycles. The molecule has 6 nitrogen and oxygen atoms in total. The van der Waals surface area contributed by atoms with Gasteiger partial charge in [0.1, 0.15) is 5.76 Å². The number of hydrogen-bond acceptors (Lipinski definition) is 4. The van der Waals surface area contributed by atoms with Crippen molar-refractivity contribution < 1.29 is 9.26 Å². The number of hydrogen-bond donors (Lipinski definition) is 2. The molecule has 0 aliphatic carbocycles. The number of ether oxygens (including phenoxy) is 1. The summed E-state index contributed by atoms with van der Waals surface area (Å²) in [6, 6.07) is 10.2. The fourth-order valence-corrected chi connectivity index (χ4v) is 2.83. The molecule has 1 aromatic heterocycles. The molecule has 0 saturated carbocycles. The second-order valence-electron chi connectivity index (χ2n) is 6.89. The third-order valence-corrected chi connectivity index (χ3v) is 4.43. The first kappa shape index (κ1) is 24.4. The minimum Gasteiger partial charge on any atom is -0.376 e. The maximum atomic E-state index is 5.79. The predicted molar refractivity (Wildman–Crippen MR) is 124 cm³/mol. The number of aromatic nitrogens is 1. The highest BCUT2D eigenvalue weighted by Gasteiger charge is 2.08. The molecular formula is C21H33IN4O2. The topological polar surface area (TPSA) is 71.7 Å². The Balaban J connectivity index is 0.00000392. The van der Waals surface area contributed by atoms with E-state index in [2.05, 4.69) is 39.8 Å². The van der Waals surface area contributed by atoms with Crippen molar-refractivity contribution in [2.75, 3.05) is 26.7 Å². The standard InChI is InChI=1S/C21H32N4O2.HI/c1-16(14-26-15-19-9-6-5-7-10-19)13-24-21(22-4)23-12-8-11-20-17(2)25-27-18(20)3;/h5-7,9-10,16H,8,11-15H2,1-4H3,(H2,22,23,24);1H. The highest BCUT2D eigenvalue weighted by molar-refractivity contribution is 14.0. The first-order valence-electron chi connectivity index (χ1n) is 9.58. The van der Waals surface area contributed by atoms with Crippen molar-refractivity contribution >= 4 is 29.9 Å². The molecule has 2 rings (SSSR count). The summed E-state index contributed by atoms with van der Waals surface area (Å²) in [5.41, 5.74) is 3.40. The van der Waals surface area contributed by atoms with Crippen LogP contribution >= 0.6 is 24.0 Å². The lowest BCUT2D eigenvalue weighted by Crippen LogP contribution is -2.40. The average Bonchev–Trinajstić information content (AvgIpc) is 3.00. The van der Waals surface area contributed by atoms with Crippen molar-refractivity contribution in [3.05, 3.63) is 52.9 Å². The van der Waals surface area contributed by atoms with E-state index >= 15 is 0 Å². The average molecular weight is 500 g/mol. The van der Waals surface area contributed by atoms with Crippen molar-refractivity contribution in [2.45, 2.75) is 40.2 Å².